The Kier molecular flexibility index (Phi) is 16.6. The molecule has 457 valence electrons. The molecule has 0 aromatic rings. The maximum Gasteiger partial charge on any atom is 0.0628 e. The molecule has 17 heteroatoms. The van der Waals surface area contributed by atoms with Gasteiger partial charge in [0.1, 0.15) is 0 Å². The van der Waals surface area contributed by atoms with Gasteiger partial charge in [0.05, 0.1) is 98.7 Å². The van der Waals surface area contributed by atoms with E-state index in [1.165, 1.54) is 205 Å². The third kappa shape index (κ3) is 10.4. The third-order valence-electron chi connectivity index (χ3n) is 27.6. The minimum Gasteiger partial charge on any atom is -0.286 e. The van der Waals surface area contributed by atoms with Crippen LogP contribution in [-0.4, -0.2) is 98.7 Å². The minimum atomic E-state index is 0. The van der Waals surface area contributed by atoms with E-state index in [-0.39, 0.29) is 16.8 Å². The zero-order valence-corrected chi connectivity index (χ0v) is 50.5. The Balaban J connectivity index is 0.000000132. The first-order chi connectivity index (χ1) is 39.6. The van der Waals surface area contributed by atoms with Crippen LogP contribution in [0.3, 0.4) is 0 Å². The number of nitrogens with one attached hydrogen (secondary N) is 16. The van der Waals surface area contributed by atoms with Crippen molar-refractivity contribution < 1.29 is 16.8 Å². The molecule has 10 heterocycles. The molecule has 10 saturated heterocycles. The van der Waals surface area contributed by atoms with Crippen molar-refractivity contribution in [1.29, 1.82) is 0 Å². The molecular formula is C64H112CoN16. The third-order valence-corrected chi connectivity index (χ3v) is 27.6. The zero-order chi connectivity index (χ0) is 52.4. The van der Waals surface area contributed by atoms with E-state index in [0.29, 0.717) is 98.7 Å². The van der Waals surface area contributed by atoms with Crippen molar-refractivity contribution in [3.63, 3.8) is 0 Å². The van der Waals surface area contributed by atoms with E-state index in [0.717, 1.165) is 94.7 Å². The first-order valence-corrected chi connectivity index (χ1v) is 35.8. The van der Waals surface area contributed by atoms with E-state index < -0.39 is 0 Å². The predicted octanol–water partition coefficient (Wildman–Crippen LogP) is 5.21. The van der Waals surface area contributed by atoms with Gasteiger partial charge in [0.25, 0.3) is 0 Å². The molecule has 16 atom stereocenters. The van der Waals surface area contributed by atoms with Crippen LogP contribution >= 0.6 is 0 Å². The van der Waals surface area contributed by atoms with Crippen LogP contribution < -0.4 is 85.1 Å². The van der Waals surface area contributed by atoms with Crippen molar-refractivity contribution in [3.05, 3.63) is 0 Å². The Bertz CT molecular complexity index is 1570. The van der Waals surface area contributed by atoms with E-state index in [9.17, 15) is 0 Å². The summed E-state index contributed by atoms with van der Waals surface area (Å²) in [5.41, 5.74) is 0. The molecule has 8 saturated carbocycles. The summed E-state index contributed by atoms with van der Waals surface area (Å²) < 4.78 is 0. The van der Waals surface area contributed by atoms with E-state index in [1.54, 1.807) is 0 Å². The second-order valence-electron chi connectivity index (χ2n) is 31.2. The van der Waals surface area contributed by atoms with E-state index >= 15 is 0 Å². The standard InChI is InChI=1S/2C32H56N8.Co/c2*1-2-10-18-17(9-1)25-33-26(18)38-28-21-13-5-6-14-22(21)30(35-28)40-32-24-16-8-7-15-23(24)31(36-32)39-29-20-12-4-3-11-19(20)27(34-29)37-25;/h2*17-40H,1-16H2;. The monoisotopic (exact) mass is 1160 g/mol. The van der Waals surface area contributed by atoms with Crippen LogP contribution in [0.25, 0.3) is 0 Å². The van der Waals surface area contributed by atoms with Crippen molar-refractivity contribution in [2.45, 2.75) is 304 Å². The van der Waals surface area contributed by atoms with Gasteiger partial charge in [-0.3, -0.25) is 85.1 Å². The first-order valence-electron chi connectivity index (χ1n) is 35.8. The molecule has 16 nitrogen and oxygen atoms in total. The Labute approximate surface area is 498 Å². The molecule has 18 fully saturated rings. The molecule has 0 aromatic heterocycles. The summed E-state index contributed by atoms with van der Waals surface area (Å²) in [5, 5.41) is 67.6. The summed E-state index contributed by atoms with van der Waals surface area (Å²) in [6.07, 6.45) is 51.1. The summed E-state index contributed by atoms with van der Waals surface area (Å²) in [5.74, 6) is 11.9. The molecule has 16 bridgehead atoms. The van der Waals surface area contributed by atoms with Crippen molar-refractivity contribution in [1.82, 2.24) is 85.1 Å². The average molecular weight is 1160 g/mol. The van der Waals surface area contributed by atoms with Crippen molar-refractivity contribution in [2.75, 3.05) is 0 Å². The summed E-state index contributed by atoms with van der Waals surface area (Å²) >= 11 is 0. The van der Waals surface area contributed by atoms with Crippen molar-refractivity contribution in [2.24, 2.45) is 94.7 Å². The normalized spacial score (nSPS) is 56.9. The summed E-state index contributed by atoms with van der Waals surface area (Å²) in [6.45, 7) is 0. The van der Waals surface area contributed by atoms with Crippen LogP contribution in [0.5, 0.6) is 0 Å². The Hall–Kier alpha value is -0.134. The Morgan fingerprint density at radius 2 is 0.173 bits per heavy atom. The molecular weight excluding hydrogens is 1050 g/mol. The van der Waals surface area contributed by atoms with Crippen molar-refractivity contribution in [3.8, 4) is 0 Å². The summed E-state index contributed by atoms with van der Waals surface area (Å²) in [6, 6.07) is 0. The van der Waals surface area contributed by atoms with Gasteiger partial charge >= 0.3 is 0 Å². The molecule has 8 aliphatic carbocycles. The molecule has 18 rings (SSSR count). The molecule has 16 N–H and O–H groups in total. The van der Waals surface area contributed by atoms with Gasteiger partial charge in [-0.2, -0.15) is 0 Å². The molecule has 81 heavy (non-hydrogen) atoms. The van der Waals surface area contributed by atoms with Gasteiger partial charge in [-0.25, -0.2) is 0 Å². The van der Waals surface area contributed by atoms with E-state index in [4.69, 9.17) is 0 Å². The molecule has 0 spiro atoms. The smallest absolute Gasteiger partial charge is 0.0628 e. The second-order valence-corrected chi connectivity index (χ2v) is 31.2. The number of hydrogen-bond acceptors (Lipinski definition) is 16. The van der Waals surface area contributed by atoms with Gasteiger partial charge in [0, 0.05) is 16.8 Å². The van der Waals surface area contributed by atoms with Gasteiger partial charge in [-0.1, -0.05) is 103 Å². The van der Waals surface area contributed by atoms with Gasteiger partial charge in [0.2, 0.25) is 0 Å². The van der Waals surface area contributed by atoms with Crippen LogP contribution in [0.1, 0.15) is 205 Å². The number of fused-ring (bicyclic) bond motifs is 40. The molecule has 0 amide bonds. The number of rotatable bonds is 0. The Morgan fingerprint density at radius 1 is 0.111 bits per heavy atom. The van der Waals surface area contributed by atoms with Crippen molar-refractivity contribution >= 4 is 0 Å². The maximum atomic E-state index is 4.26. The average Bonchev–Trinajstić information content (AvgIpc) is 4.47. The fraction of sp³-hybridized carbons (Fsp3) is 1.00. The Morgan fingerprint density at radius 3 is 0.235 bits per heavy atom. The van der Waals surface area contributed by atoms with Crippen LogP contribution in [0.15, 0.2) is 0 Å². The van der Waals surface area contributed by atoms with E-state index in [1.807, 2.05) is 0 Å². The van der Waals surface area contributed by atoms with E-state index in [2.05, 4.69) is 85.1 Å². The molecule has 0 aromatic carbocycles. The molecule has 10 aliphatic heterocycles. The summed E-state index contributed by atoms with van der Waals surface area (Å²) in [4.78, 5) is 0. The van der Waals surface area contributed by atoms with Crippen LogP contribution in [-0.2, 0) is 16.8 Å². The second kappa shape index (κ2) is 24.0. The van der Waals surface area contributed by atoms with Gasteiger partial charge < -0.3 is 0 Å². The summed E-state index contributed by atoms with van der Waals surface area (Å²) in [7, 11) is 0. The predicted molar refractivity (Wildman–Crippen MR) is 314 cm³/mol. The van der Waals surface area contributed by atoms with Crippen LogP contribution in [0.4, 0.5) is 0 Å². The fourth-order valence-corrected chi connectivity index (χ4v) is 23.9. The SMILES string of the molecule is C1CCC2C3NC(NC4NC(NC5NC(NC6NC(N3)C3CCCCC63)C3CCCCC53)C3CCCCC43)C2C1.C1CCC2C3NC(NC4NC(NC5NC(NC6NC(N3)C3CCCCC63)C3CCCCC53)C3CCCCC43)C2C1.[Co]. The number of hydrogen-bond donors (Lipinski definition) is 16. The van der Waals surface area contributed by atoms with Gasteiger partial charge in [0.15, 0.2) is 0 Å². The molecule has 16 unspecified atom stereocenters. The van der Waals surface area contributed by atoms with Crippen LogP contribution in [0, 0.1) is 94.7 Å². The van der Waals surface area contributed by atoms with Gasteiger partial charge in [-0.15, -0.1) is 0 Å². The fourth-order valence-electron chi connectivity index (χ4n) is 23.9. The van der Waals surface area contributed by atoms with Crippen LogP contribution in [0.2, 0.25) is 0 Å². The molecule has 18 aliphatic rings. The molecule has 1 radical (unpaired) electrons. The largest absolute Gasteiger partial charge is 0.286 e. The quantitative estimate of drug-likeness (QED) is 0.151. The topological polar surface area (TPSA) is 192 Å². The maximum absolute atomic E-state index is 4.26. The van der Waals surface area contributed by atoms with Gasteiger partial charge in [-0.05, 0) is 197 Å². The minimum absolute atomic E-state index is 0. The first kappa shape index (κ1) is 56.1. The zero-order valence-electron chi connectivity index (χ0n) is 49.4.